The van der Waals surface area contributed by atoms with Crippen LogP contribution in [0.25, 0.3) is 11.1 Å². The standard InChI is InChI=1S/C17H18N2O/c20-17(15-9-10-18-12-15)19-16-8-4-7-14(11-16)13-5-2-1-3-6-13/h1-8,11,15,18H,9-10,12H2,(H,19,20)/t15-/m1/s1. The van der Waals surface area contributed by atoms with E-state index in [0.717, 1.165) is 36.3 Å². The van der Waals surface area contributed by atoms with Crippen LogP contribution in [0.1, 0.15) is 6.42 Å². The lowest BCUT2D eigenvalue weighted by atomic mass is 10.0. The van der Waals surface area contributed by atoms with Gasteiger partial charge < -0.3 is 10.6 Å². The number of hydrogen-bond donors (Lipinski definition) is 2. The lowest BCUT2D eigenvalue weighted by Crippen LogP contribution is -2.24. The maximum atomic E-state index is 12.1. The van der Waals surface area contributed by atoms with Crippen molar-refractivity contribution in [2.45, 2.75) is 6.42 Å². The van der Waals surface area contributed by atoms with E-state index in [4.69, 9.17) is 0 Å². The molecule has 0 spiro atoms. The van der Waals surface area contributed by atoms with Crippen LogP contribution in [-0.4, -0.2) is 19.0 Å². The van der Waals surface area contributed by atoms with Gasteiger partial charge in [-0.25, -0.2) is 0 Å². The van der Waals surface area contributed by atoms with Crippen LogP contribution in [0.15, 0.2) is 54.6 Å². The van der Waals surface area contributed by atoms with Crippen LogP contribution in [0, 0.1) is 5.92 Å². The van der Waals surface area contributed by atoms with E-state index >= 15 is 0 Å². The smallest absolute Gasteiger partial charge is 0.228 e. The molecule has 2 aromatic carbocycles. The predicted octanol–water partition coefficient (Wildman–Crippen LogP) is 2.90. The van der Waals surface area contributed by atoms with Crippen molar-refractivity contribution in [1.29, 1.82) is 0 Å². The number of amides is 1. The van der Waals surface area contributed by atoms with Crippen molar-refractivity contribution < 1.29 is 4.79 Å². The fourth-order valence-electron chi connectivity index (χ4n) is 2.53. The molecule has 1 aliphatic heterocycles. The van der Waals surface area contributed by atoms with Crippen molar-refractivity contribution in [1.82, 2.24) is 5.32 Å². The summed E-state index contributed by atoms with van der Waals surface area (Å²) in [5.41, 5.74) is 3.14. The van der Waals surface area contributed by atoms with E-state index in [9.17, 15) is 4.79 Å². The van der Waals surface area contributed by atoms with Gasteiger partial charge in [-0.2, -0.15) is 0 Å². The van der Waals surface area contributed by atoms with Crippen LogP contribution in [0.3, 0.4) is 0 Å². The molecule has 1 aliphatic rings. The van der Waals surface area contributed by atoms with Gasteiger partial charge in [0.25, 0.3) is 0 Å². The summed E-state index contributed by atoms with van der Waals surface area (Å²) in [5, 5.41) is 6.23. The van der Waals surface area contributed by atoms with Crippen molar-refractivity contribution in [2.24, 2.45) is 5.92 Å². The second kappa shape index (κ2) is 5.88. The van der Waals surface area contributed by atoms with Crippen LogP contribution in [0.4, 0.5) is 5.69 Å². The molecule has 1 saturated heterocycles. The molecule has 3 heteroatoms. The summed E-state index contributed by atoms with van der Waals surface area (Å²) in [6.45, 7) is 1.71. The van der Waals surface area contributed by atoms with E-state index in [1.807, 2.05) is 36.4 Å². The first-order chi connectivity index (χ1) is 9.83. The van der Waals surface area contributed by atoms with Crippen LogP contribution in [-0.2, 0) is 4.79 Å². The Morgan fingerprint density at radius 3 is 2.60 bits per heavy atom. The van der Waals surface area contributed by atoms with E-state index in [1.165, 1.54) is 0 Å². The molecule has 0 aliphatic carbocycles. The highest BCUT2D eigenvalue weighted by Gasteiger charge is 2.22. The fourth-order valence-corrected chi connectivity index (χ4v) is 2.53. The number of carbonyl (C=O) groups is 1. The van der Waals surface area contributed by atoms with Gasteiger partial charge in [-0.1, -0.05) is 42.5 Å². The van der Waals surface area contributed by atoms with Crippen molar-refractivity contribution >= 4 is 11.6 Å². The lowest BCUT2D eigenvalue weighted by molar-refractivity contribution is -0.119. The van der Waals surface area contributed by atoms with Gasteiger partial charge in [-0.05, 0) is 36.2 Å². The van der Waals surface area contributed by atoms with Crippen LogP contribution in [0.2, 0.25) is 0 Å². The van der Waals surface area contributed by atoms with Gasteiger partial charge in [0.05, 0.1) is 5.92 Å². The minimum atomic E-state index is 0.0929. The molecule has 0 saturated carbocycles. The van der Waals surface area contributed by atoms with Crippen LogP contribution < -0.4 is 10.6 Å². The average Bonchev–Trinajstić information content (AvgIpc) is 3.03. The molecule has 1 atom stereocenters. The molecule has 2 N–H and O–H groups in total. The fraction of sp³-hybridized carbons (Fsp3) is 0.235. The molecule has 0 unspecified atom stereocenters. The first-order valence-corrected chi connectivity index (χ1v) is 7.00. The van der Waals surface area contributed by atoms with Crippen LogP contribution in [0.5, 0.6) is 0 Å². The quantitative estimate of drug-likeness (QED) is 0.897. The Morgan fingerprint density at radius 1 is 1.05 bits per heavy atom. The third kappa shape index (κ3) is 2.89. The lowest BCUT2D eigenvalue weighted by Gasteiger charge is -2.11. The Balaban J connectivity index is 1.76. The maximum absolute atomic E-state index is 12.1. The summed E-state index contributed by atoms with van der Waals surface area (Å²) in [7, 11) is 0. The summed E-state index contributed by atoms with van der Waals surface area (Å²) >= 11 is 0. The van der Waals surface area contributed by atoms with Gasteiger partial charge >= 0.3 is 0 Å². The number of anilines is 1. The summed E-state index contributed by atoms with van der Waals surface area (Å²) in [6.07, 6.45) is 0.921. The Morgan fingerprint density at radius 2 is 1.85 bits per heavy atom. The van der Waals surface area contributed by atoms with Gasteiger partial charge in [-0.3, -0.25) is 4.79 Å². The second-order valence-electron chi connectivity index (χ2n) is 5.13. The van der Waals surface area contributed by atoms with E-state index in [0.29, 0.717) is 0 Å². The topological polar surface area (TPSA) is 41.1 Å². The Bertz CT molecular complexity index is 589. The summed E-state index contributed by atoms with van der Waals surface area (Å²) in [6, 6.07) is 18.2. The Labute approximate surface area is 119 Å². The Kier molecular flexibility index (Phi) is 3.79. The van der Waals surface area contributed by atoms with Crippen molar-refractivity contribution in [2.75, 3.05) is 18.4 Å². The molecule has 3 nitrogen and oxygen atoms in total. The van der Waals surface area contributed by atoms with E-state index in [1.54, 1.807) is 0 Å². The highest BCUT2D eigenvalue weighted by molar-refractivity contribution is 5.93. The second-order valence-corrected chi connectivity index (χ2v) is 5.13. The molecule has 20 heavy (non-hydrogen) atoms. The average molecular weight is 266 g/mol. The maximum Gasteiger partial charge on any atom is 0.228 e. The number of nitrogens with one attached hydrogen (secondary N) is 2. The molecule has 3 rings (SSSR count). The molecule has 0 bridgehead atoms. The zero-order valence-electron chi connectivity index (χ0n) is 11.3. The number of benzene rings is 2. The molecular formula is C17H18N2O. The Hall–Kier alpha value is -2.13. The monoisotopic (exact) mass is 266 g/mol. The number of hydrogen-bond acceptors (Lipinski definition) is 2. The molecule has 1 fully saturated rings. The van der Waals surface area contributed by atoms with E-state index < -0.39 is 0 Å². The molecule has 0 radical (unpaired) electrons. The van der Waals surface area contributed by atoms with Crippen molar-refractivity contribution in [3.05, 3.63) is 54.6 Å². The third-order valence-electron chi connectivity index (χ3n) is 3.67. The van der Waals surface area contributed by atoms with Crippen molar-refractivity contribution in [3.63, 3.8) is 0 Å². The van der Waals surface area contributed by atoms with E-state index in [-0.39, 0.29) is 11.8 Å². The van der Waals surface area contributed by atoms with Crippen LogP contribution >= 0.6 is 0 Å². The highest BCUT2D eigenvalue weighted by atomic mass is 16.1. The summed E-state index contributed by atoms with van der Waals surface area (Å²) in [5.74, 6) is 0.204. The van der Waals surface area contributed by atoms with E-state index in [2.05, 4.69) is 28.8 Å². The molecule has 0 aromatic heterocycles. The highest BCUT2D eigenvalue weighted by Crippen LogP contribution is 2.23. The molecule has 1 amide bonds. The predicted molar refractivity (Wildman–Crippen MR) is 81.5 cm³/mol. The minimum Gasteiger partial charge on any atom is -0.326 e. The van der Waals surface area contributed by atoms with Gasteiger partial charge in [0.1, 0.15) is 0 Å². The molecule has 1 heterocycles. The summed E-state index contributed by atoms with van der Waals surface area (Å²) < 4.78 is 0. The minimum absolute atomic E-state index is 0.0929. The first kappa shape index (κ1) is 12.9. The number of carbonyl (C=O) groups excluding carboxylic acids is 1. The number of rotatable bonds is 3. The van der Waals surface area contributed by atoms with Crippen molar-refractivity contribution in [3.8, 4) is 11.1 Å². The van der Waals surface area contributed by atoms with Gasteiger partial charge in [0.15, 0.2) is 0 Å². The zero-order chi connectivity index (χ0) is 13.8. The normalized spacial score (nSPS) is 17.9. The van der Waals surface area contributed by atoms with Gasteiger partial charge in [-0.15, -0.1) is 0 Å². The first-order valence-electron chi connectivity index (χ1n) is 7.00. The zero-order valence-corrected chi connectivity index (χ0v) is 11.3. The molecule has 102 valence electrons. The van der Waals surface area contributed by atoms with Gasteiger partial charge in [0.2, 0.25) is 5.91 Å². The SMILES string of the molecule is O=C(Nc1cccc(-c2ccccc2)c1)[C@@H]1CCNC1. The third-order valence-corrected chi connectivity index (χ3v) is 3.67. The largest absolute Gasteiger partial charge is 0.326 e. The molecule has 2 aromatic rings. The van der Waals surface area contributed by atoms with Gasteiger partial charge in [0, 0.05) is 12.2 Å². The molecular weight excluding hydrogens is 248 g/mol. The summed E-state index contributed by atoms with van der Waals surface area (Å²) in [4.78, 5) is 12.1.